The molecule has 0 saturated carbocycles. The molecular weight excluding hydrogens is 238 g/mol. The van der Waals surface area contributed by atoms with Gasteiger partial charge >= 0.3 is 0 Å². The van der Waals surface area contributed by atoms with Crippen LogP contribution in [0.2, 0.25) is 5.02 Å². The van der Waals surface area contributed by atoms with Gasteiger partial charge in [-0.15, -0.1) is 0 Å². The number of hydrogen-bond acceptors (Lipinski definition) is 2. The van der Waals surface area contributed by atoms with Crippen LogP contribution in [0.1, 0.15) is 16.8 Å². The normalized spacial score (nSPS) is 19.4. The molecule has 0 saturated heterocycles. The number of ether oxygens (including phenoxy) is 1. The first kappa shape index (κ1) is 12.1. The van der Waals surface area contributed by atoms with Crippen LogP contribution in [0.3, 0.4) is 0 Å². The molecule has 2 rings (SSSR count). The van der Waals surface area contributed by atoms with Gasteiger partial charge < -0.3 is 9.64 Å². The van der Waals surface area contributed by atoms with Gasteiger partial charge in [-0.25, -0.2) is 0 Å². The summed E-state index contributed by atoms with van der Waals surface area (Å²) in [6.07, 6.45) is 4.45. The first-order valence-electron chi connectivity index (χ1n) is 5.49. The van der Waals surface area contributed by atoms with Crippen molar-refractivity contribution in [3.8, 4) is 0 Å². The van der Waals surface area contributed by atoms with Crippen molar-refractivity contribution in [3.05, 3.63) is 47.0 Å². The molecule has 1 unspecified atom stereocenters. The Hall–Kier alpha value is -1.32. The molecule has 1 amide bonds. The summed E-state index contributed by atoms with van der Waals surface area (Å²) >= 11 is 6.02. The number of rotatable bonds is 2. The van der Waals surface area contributed by atoms with Gasteiger partial charge in [0.25, 0.3) is 5.91 Å². The van der Waals surface area contributed by atoms with Crippen molar-refractivity contribution < 1.29 is 9.53 Å². The fourth-order valence-electron chi connectivity index (χ4n) is 1.87. The summed E-state index contributed by atoms with van der Waals surface area (Å²) in [7, 11) is 1.59. The highest BCUT2D eigenvalue weighted by Gasteiger charge is 2.25. The number of nitrogens with zero attached hydrogens (tertiary/aromatic N) is 1. The van der Waals surface area contributed by atoms with E-state index >= 15 is 0 Å². The lowest BCUT2D eigenvalue weighted by Gasteiger charge is -2.31. The summed E-state index contributed by atoms with van der Waals surface area (Å²) in [4.78, 5) is 14.0. The van der Waals surface area contributed by atoms with Crippen LogP contribution in [-0.4, -0.2) is 30.7 Å². The van der Waals surface area contributed by atoms with E-state index in [2.05, 4.69) is 0 Å². The Morgan fingerprint density at radius 2 is 2.24 bits per heavy atom. The van der Waals surface area contributed by atoms with Crippen LogP contribution in [0, 0.1) is 0 Å². The Morgan fingerprint density at radius 3 is 2.94 bits per heavy atom. The summed E-state index contributed by atoms with van der Waals surface area (Å²) in [5, 5.41) is 0.474. The molecule has 0 aromatic heterocycles. The van der Waals surface area contributed by atoms with Gasteiger partial charge in [0.2, 0.25) is 0 Å². The molecule has 17 heavy (non-hydrogen) atoms. The molecule has 0 radical (unpaired) electrons. The molecule has 1 atom stereocenters. The van der Waals surface area contributed by atoms with Gasteiger partial charge in [-0.2, -0.15) is 0 Å². The van der Waals surface area contributed by atoms with Crippen molar-refractivity contribution >= 4 is 17.5 Å². The van der Waals surface area contributed by atoms with Crippen molar-refractivity contribution in [2.75, 3.05) is 13.7 Å². The van der Waals surface area contributed by atoms with Gasteiger partial charge in [0.15, 0.2) is 6.23 Å². The third-order valence-electron chi connectivity index (χ3n) is 2.75. The Balaban J connectivity index is 2.25. The number of carbonyl (C=O) groups excluding carboxylic acids is 1. The monoisotopic (exact) mass is 251 g/mol. The van der Waals surface area contributed by atoms with Crippen molar-refractivity contribution in [2.45, 2.75) is 12.6 Å². The molecule has 0 spiro atoms. The second-order valence-electron chi connectivity index (χ2n) is 3.82. The molecule has 1 heterocycles. The largest absolute Gasteiger partial charge is 0.358 e. The Morgan fingerprint density at radius 1 is 1.47 bits per heavy atom. The summed E-state index contributed by atoms with van der Waals surface area (Å²) in [6, 6.07) is 7.07. The molecule has 3 nitrogen and oxygen atoms in total. The first-order chi connectivity index (χ1) is 8.24. The lowest BCUT2D eigenvalue weighted by Crippen LogP contribution is -2.42. The van der Waals surface area contributed by atoms with Gasteiger partial charge in [-0.05, 0) is 24.6 Å². The Kier molecular flexibility index (Phi) is 3.82. The number of halogens is 1. The zero-order chi connectivity index (χ0) is 12.3. The molecule has 1 aliphatic rings. The highest BCUT2D eigenvalue weighted by molar-refractivity contribution is 6.33. The average molecular weight is 252 g/mol. The van der Waals surface area contributed by atoms with E-state index in [1.807, 2.05) is 18.2 Å². The molecule has 0 fully saturated rings. The van der Waals surface area contributed by atoms with E-state index in [1.165, 1.54) is 0 Å². The smallest absolute Gasteiger partial charge is 0.257 e. The predicted octanol–water partition coefficient (Wildman–Crippen LogP) is 2.71. The lowest BCUT2D eigenvalue weighted by molar-refractivity contribution is 0.00331. The van der Waals surface area contributed by atoms with Crippen LogP contribution in [0.15, 0.2) is 36.4 Å². The number of benzene rings is 1. The molecule has 0 aliphatic carbocycles. The third kappa shape index (κ3) is 2.51. The van der Waals surface area contributed by atoms with Crippen LogP contribution in [0.4, 0.5) is 0 Å². The molecular formula is C13H14ClNO2. The average Bonchev–Trinajstić information content (AvgIpc) is 2.38. The summed E-state index contributed by atoms with van der Waals surface area (Å²) in [5.41, 5.74) is 0.520. The fourth-order valence-corrected chi connectivity index (χ4v) is 2.09. The lowest BCUT2D eigenvalue weighted by atomic mass is 10.1. The van der Waals surface area contributed by atoms with E-state index in [0.29, 0.717) is 17.1 Å². The summed E-state index contributed by atoms with van der Waals surface area (Å²) < 4.78 is 5.26. The number of hydrogen-bond donors (Lipinski definition) is 0. The van der Waals surface area contributed by atoms with E-state index in [0.717, 1.165) is 6.42 Å². The fraction of sp³-hybridized carbons (Fsp3) is 0.308. The summed E-state index contributed by atoms with van der Waals surface area (Å²) in [6.45, 7) is 0.652. The van der Waals surface area contributed by atoms with Crippen LogP contribution >= 0.6 is 11.6 Å². The topological polar surface area (TPSA) is 29.5 Å². The van der Waals surface area contributed by atoms with Crippen LogP contribution < -0.4 is 0 Å². The van der Waals surface area contributed by atoms with E-state index < -0.39 is 0 Å². The zero-order valence-electron chi connectivity index (χ0n) is 9.60. The Bertz CT molecular complexity index is 445. The van der Waals surface area contributed by atoms with Gasteiger partial charge in [0.05, 0.1) is 10.6 Å². The number of amides is 1. The maximum Gasteiger partial charge on any atom is 0.257 e. The minimum atomic E-state index is -0.299. The molecule has 4 heteroatoms. The second-order valence-corrected chi connectivity index (χ2v) is 4.23. The summed E-state index contributed by atoms with van der Waals surface area (Å²) in [5.74, 6) is -0.0909. The molecule has 1 aromatic rings. The third-order valence-corrected chi connectivity index (χ3v) is 3.08. The van der Waals surface area contributed by atoms with Crippen LogP contribution in [0.5, 0.6) is 0 Å². The first-order valence-corrected chi connectivity index (χ1v) is 5.87. The van der Waals surface area contributed by atoms with Gasteiger partial charge in [-0.1, -0.05) is 29.8 Å². The maximum atomic E-state index is 12.3. The minimum absolute atomic E-state index is 0.0909. The Labute approximate surface area is 106 Å². The van der Waals surface area contributed by atoms with Crippen LogP contribution in [-0.2, 0) is 4.74 Å². The molecule has 1 aromatic carbocycles. The van der Waals surface area contributed by atoms with Gasteiger partial charge in [0.1, 0.15) is 0 Å². The van der Waals surface area contributed by atoms with Crippen LogP contribution in [0.25, 0.3) is 0 Å². The molecule has 0 bridgehead atoms. The van der Waals surface area contributed by atoms with Crippen molar-refractivity contribution in [1.82, 2.24) is 4.90 Å². The van der Waals surface area contributed by atoms with E-state index in [9.17, 15) is 4.79 Å². The maximum absolute atomic E-state index is 12.3. The SMILES string of the molecule is COC1C=CCCN1C(=O)c1ccccc1Cl. The molecule has 90 valence electrons. The van der Waals surface area contributed by atoms with Gasteiger partial charge in [-0.3, -0.25) is 4.79 Å². The quantitative estimate of drug-likeness (QED) is 0.757. The van der Waals surface area contributed by atoms with Crippen molar-refractivity contribution in [2.24, 2.45) is 0 Å². The second kappa shape index (κ2) is 5.34. The predicted molar refractivity (Wildman–Crippen MR) is 67.0 cm³/mol. The molecule has 1 aliphatic heterocycles. The van der Waals surface area contributed by atoms with Crippen molar-refractivity contribution in [1.29, 1.82) is 0 Å². The zero-order valence-corrected chi connectivity index (χ0v) is 10.4. The van der Waals surface area contributed by atoms with Gasteiger partial charge in [0, 0.05) is 13.7 Å². The van der Waals surface area contributed by atoms with E-state index in [4.69, 9.17) is 16.3 Å². The molecule has 0 N–H and O–H groups in total. The highest BCUT2D eigenvalue weighted by atomic mass is 35.5. The minimum Gasteiger partial charge on any atom is -0.358 e. The van der Waals surface area contributed by atoms with E-state index in [1.54, 1.807) is 30.2 Å². The highest BCUT2D eigenvalue weighted by Crippen LogP contribution is 2.20. The van der Waals surface area contributed by atoms with Crippen molar-refractivity contribution in [3.63, 3.8) is 0 Å². The van der Waals surface area contributed by atoms with E-state index in [-0.39, 0.29) is 12.1 Å². The number of methoxy groups -OCH3 is 1. The standard InChI is InChI=1S/C13H14ClNO2/c1-17-12-8-4-5-9-15(12)13(16)10-6-2-3-7-11(10)14/h2-4,6-8,12H,5,9H2,1H3. The number of carbonyl (C=O) groups is 1.